The summed E-state index contributed by atoms with van der Waals surface area (Å²) in [7, 11) is 0. The van der Waals surface area contributed by atoms with Crippen LogP contribution in [0.15, 0.2) is 24.3 Å². The van der Waals surface area contributed by atoms with Crippen molar-refractivity contribution >= 4 is 0 Å². The van der Waals surface area contributed by atoms with Gasteiger partial charge in [0.15, 0.2) is 0 Å². The summed E-state index contributed by atoms with van der Waals surface area (Å²) in [6.07, 6.45) is 2.68. The minimum absolute atomic E-state index is 0.158. The highest BCUT2D eigenvalue weighted by Crippen LogP contribution is 2.36. The number of hydrogen-bond acceptors (Lipinski definition) is 2. The van der Waals surface area contributed by atoms with E-state index in [2.05, 4.69) is 4.90 Å². The molecule has 2 nitrogen and oxygen atoms in total. The number of morpholine rings is 1. The number of rotatable bonds is 3. The Morgan fingerprint density at radius 2 is 2.00 bits per heavy atom. The second kappa shape index (κ2) is 4.75. The van der Waals surface area contributed by atoms with E-state index >= 15 is 0 Å². The Kier molecular flexibility index (Phi) is 3.12. The van der Waals surface area contributed by atoms with E-state index in [1.165, 1.54) is 18.4 Å². The fourth-order valence-corrected chi connectivity index (χ4v) is 2.59. The third kappa shape index (κ3) is 2.67. The predicted molar refractivity (Wildman–Crippen MR) is 64.1 cm³/mol. The number of nitrogens with zero attached hydrogens (tertiary/aromatic N) is 1. The second-order valence-electron chi connectivity index (χ2n) is 5.08. The van der Waals surface area contributed by atoms with Crippen LogP contribution in [0.1, 0.15) is 18.4 Å². The van der Waals surface area contributed by atoms with Crippen molar-refractivity contribution in [2.45, 2.75) is 25.4 Å². The molecule has 0 bridgehead atoms. The highest BCUT2D eigenvalue weighted by molar-refractivity contribution is 5.16. The zero-order valence-corrected chi connectivity index (χ0v) is 9.94. The van der Waals surface area contributed by atoms with Gasteiger partial charge in [-0.25, -0.2) is 4.39 Å². The van der Waals surface area contributed by atoms with Gasteiger partial charge >= 0.3 is 0 Å². The molecule has 2 aliphatic rings. The predicted octanol–water partition coefficient (Wildman–Crippen LogP) is 2.44. The molecule has 2 fully saturated rings. The van der Waals surface area contributed by atoms with Crippen LogP contribution in [-0.4, -0.2) is 30.7 Å². The molecule has 3 rings (SSSR count). The molecule has 1 aromatic rings. The average molecular weight is 235 g/mol. The third-order valence-electron chi connectivity index (χ3n) is 3.75. The van der Waals surface area contributed by atoms with Gasteiger partial charge < -0.3 is 4.74 Å². The first-order valence-corrected chi connectivity index (χ1v) is 6.39. The van der Waals surface area contributed by atoms with Crippen molar-refractivity contribution in [3.8, 4) is 0 Å². The van der Waals surface area contributed by atoms with Crippen LogP contribution in [0.2, 0.25) is 0 Å². The van der Waals surface area contributed by atoms with Crippen molar-refractivity contribution in [2.24, 2.45) is 5.92 Å². The average Bonchev–Trinajstić information content (AvgIpc) is 3.17. The zero-order chi connectivity index (χ0) is 11.7. The lowest BCUT2D eigenvalue weighted by Crippen LogP contribution is -2.46. The number of ether oxygens (including phenoxy) is 1. The van der Waals surface area contributed by atoms with Gasteiger partial charge in [0.1, 0.15) is 5.82 Å². The molecule has 1 heterocycles. The molecule has 1 aliphatic heterocycles. The van der Waals surface area contributed by atoms with E-state index in [-0.39, 0.29) is 5.82 Å². The lowest BCUT2D eigenvalue weighted by molar-refractivity contribution is -0.0198. The Morgan fingerprint density at radius 1 is 1.24 bits per heavy atom. The van der Waals surface area contributed by atoms with Gasteiger partial charge in [-0.1, -0.05) is 12.1 Å². The normalized spacial score (nSPS) is 26.1. The van der Waals surface area contributed by atoms with Gasteiger partial charge in [0.05, 0.1) is 13.2 Å². The Hall–Kier alpha value is -0.930. The van der Waals surface area contributed by atoms with Crippen LogP contribution in [0.25, 0.3) is 0 Å². The fourth-order valence-electron chi connectivity index (χ4n) is 2.59. The molecule has 0 unspecified atom stereocenters. The van der Waals surface area contributed by atoms with Crippen molar-refractivity contribution in [1.82, 2.24) is 4.90 Å². The summed E-state index contributed by atoms with van der Waals surface area (Å²) < 4.78 is 18.4. The zero-order valence-electron chi connectivity index (χ0n) is 9.94. The van der Waals surface area contributed by atoms with Crippen molar-refractivity contribution in [3.05, 3.63) is 35.6 Å². The molecular formula is C14H18FNO. The lowest BCUT2D eigenvalue weighted by atomic mass is 10.1. The molecule has 0 amide bonds. The van der Waals surface area contributed by atoms with Crippen LogP contribution in [0.5, 0.6) is 0 Å². The van der Waals surface area contributed by atoms with E-state index in [9.17, 15) is 4.39 Å². The van der Waals surface area contributed by atoms with Gasteiger partial charge in [-0.05, 0) is 36.5 Å². The Bertz CT molecular complexity index is 374. The van der Waals surface area contributed by atoms with E-state index in [0.717, 1.165) is 32.2 Å². The maximum Gasteiger partial charge on any atom is 0.123 e. The minimum atomic E-state index is -0.158. The van der Waals surface area contributed by atoms with E-state index < -0.39 is 0 Å². The summed E-state index contributed by atoms with van der Waals surface area (Å²) in [5.74, 6) is 0.671. The molecule has 0 radical (unpaired) electrons. The van der Waals surface area contributed by atoms with Crippen LogP contribution >= 0.6 is 0 Å². The van der Waals surface area contributed by atoms with E-state index in [1.54, 1.807) is 12.1 Å². The van der Waals surface area contributed by atoms with Gasteiger partial charge in [0, 0.05) is 19.1 Å². The van der Waals surface area contributed by atoms with Gasteiger partial charge in [0.25, 0.3) is 0 Å². The summed E-state index contributed by atoms with van der Waals surface area (Å²) in [4.78, 5) is 2.49. The summed E-state index contributed by atoms with van der Waals surface area (Å²) in [6, 6.07) is 7.43. The first kappa shape index (κ1) is 11.2. The van der Waals surface area contributed by atoms with Gasteiger partial charge in [-0.2, -0.15) is 0 Å². The topological polar surface area (TPSA) is 12.5 Å². The largest absolute Gasteiger partial charge is 0.378 e. The number of halogens is 1. The molecule has 1 aromatic carbocycles. The first-order chi connectivity index (χ1) is 8.33. The number of hydrogen-bond donors (Lipinski definition) is 0. The quantitative estimate of drug-likeness (QED) is 0.798. The standard InChI is InChI=1S/C14H18FNO/c15-13-5-1-11(2-6-13)9-16-7-8-17-10-14(16)12-3-4-12/h1-2,5-6,12,14H,3-4,7-10H2/t14-/m0/s1. The molecule has 1 atom stereocenters. The molecule has 1 saturated carbocycles. The summed E-state index contributed by atoms with van der Waals surface area (Å²) in [5.41, 5.74) is 1.19. The summed E-state index contributed by atoms with van der Waals surface area (Å²) in [6.45, 7) is 3.61. The highest BCUT2D eigenvalue weighted by atomic mass is 19.1. The Balaban J connectivity index is 1.67. The molecule has 92 valence electrons. The smallest absolute Gasteiger partial charge is 0.123 e. The fraction of sp³-hybridized carbons (Fsp3) is 0.571. The molecule has 17 heavy (non-hydrogen) atoms. The van der Waals surface area contributed by atoms with Crippen LogP contribution in [0.4, 0.5) is 4.39 Å². The van der Waals surface area contributed by atoms with Gasteiger partial charge in [0.2, 0.25) is 0 Å². The van der Waals surface area contributed by atoms with Crippen LogP contribution in [0, 0.1) is 11.7 Å². The van der Waals surface area contributed by atoms with Crippen molar-refractivity contribution < 1.29 is 9.13 Å². The van der Waals surface area contributed by atoms with Crippen LogP contribution in [-0.2, 0) is 11.3 Å². The molecule has 3 heteroatoms. The Morgan fingerprint density at radius 3 is 2.71 bits per heavy atom. The van der Waals surface area contributed by atoms with Crippen molar-refractivity contribution in [3.63, 3.8) is 0 Å². The molecule has 1 saturated heterocycles. The summed E-state index contributed by atoms with van der Waals surface area (Å²) in [5, 5.41) is 0. The minimum Gasteiger partial charge on any atom is -0.378 e. The molecular weight excluding hydrogens is 217 g/mol. The number of benzene rings is 1. The first-order valence-electron chi connectivity index (χ1n) is 6.39. The van der Waals surface area contributed by atoms with Crippen LogP contribution < -0.4 is 0 Å². The summed E-state index contributed by atoms with van der Waals surface area (Å²) >= 11 is 0. The van der Waals surface area contributed by atoms with Crippen molar-refractivity contribution in [1.29, 1.82) is 0 Å². The molecule has 1 aliphatic carbocycles. The highest BCUT2D eigenvalue weighted by Gasteiger charge is 2.36. The molecule has 0 N–H and O–H groups in total. The second-order valence-corrected chi connectivity index (χ2v) is 5.08. The van der Waals surface area contributed by atoms with Crippen LogP contribution in [0.3, 0.4) is 0 Å². The van der Waals surface area contributed by atoms with E-state index in [0.29, 0.717) is 6.04 Å². The molecule has 0 aromatic heterocycles. The maximum atomic E-state index is 12.8. The Labute approximate surface area is 101 Å². The van der Waals surface area contributed by atoms with E-state index in [4.69, 9.17) is 4.74 Å². The van der Waals surface area contributed by atoms with Crippen molar-refractivity contribution in [2.75, 3.05) is 19.8 Å². The third-order valence-corrected chi connectivity index (χ3v) is 3.75. The van der Waals surface area contributed by atoms with Gasteiger partial charge in [-0.15, -0.1) is 0 Å². The van der Waals surface area contributed by atoms with E-state index in [1.807, 2.05) is 12.1 Å². The molecule has 0 spiro atoms. The lowest BCUT2D eigenvalue weighted by Gasteiger charge is -2.35. The SMILES string of the molecule is Fc1ccc(CN2CCOC[C@H]2C2CC2)cc1. The van der Waals surface area contributed by atoms with Gasteiger partial charge in [-0.3, -0.25) is 4.90 Å². The monoisotopic (exact) mass is 235 g/mol. The maximum absolute atomic E-state index is 12.8.